The summed E-state index contributed by atoms with van der Waals surface area (Å²) < 4.78 is 8.76. The van der Waals surface area contributed by atoms with E-state index < -0.39 is 0 Å². The van der Waals surface area contributed by atoms with Crippen molar-refractivity contribution in [1.29, 1.82) is 0 Å². The molecule has 4 nitrogen and oxygen atoms in total. The summed E-state index contributed by atoms with van der Waals surface area (Å²) in [5.41, 5.74) is 1.09. The Bertz CT molecular complexity index is 295. The van der Waals surface area contributed by atoms with E-state index in [2.05, 4.69) is 18.9 Å². The lowest BCUT2D eigenvalue weighted by molar-refractivity contribution is 0.341. The first-order chi connectivity index (χ1) is 6.93. The molecule has 5 heteroatoms. The number of halogens is 1. The predicted octanol–water partition coefficient (Wildman–Crippen LogP) is 2.43. The van der Waals surface area contributed by atoms with Crippen LogP contribution >= 0.6 is 11.9 Å². The fourth-order valence-corrected chi connectivity index (χ4v) is 0.899. The van der Waals surface area contributed by atoms with Gasteiger partial charge in [-0.25, -0.2) is 0 Å². The lowest BCUT2D eigenvalue weighted by Gasteiger charge is -1.92. The lowest BCUT2D eigenvalue weighted by atomic mass is 10.2. The maximum Gasteiger partial charge on any atom is 0.203 e. The molecule has 0 aliphatic rings. The van der Waals surface area contributed by atoms with Gasteiger partial charge >= 0.3 is 0 Å². The van der Waals surface area contributed by atoms with E-state index in [1.54, 1.807) is 0 Å². The molecule has 0 N–H and O–H groups in total. The molecule has 0 spiro atoms. The van der Waals surface area contributed by atoms with Gasteiger partial charge in [0.1, 0.15) is 0 Å². The molecule has 0 saturated carbocycles. The third-order valence-corrected chi connectivity index (χ3v) is 1.46. The highest BCUT2D eigenvalue weighted by Crippen LogP contribution is 2.00. The third-order valence-electron chi connectivity index (χ3n) is 1.35. The third kappa shape index (κ3) is 4.59. The summed E-state index contributed by atoms with van der Waals surface area (Å²) in [5, 5.41) is 6.61. The summed E-state index contributed by atoms with van der Waals surface area (Å²) in [5.74, 6) is 0. The fourth-order valence-electron chi connectivity index (χ4n) is 0.773. The van der Waals surface area contributed by atoms with Gasteiger partial charge in [-0.1, -0.05) is 30.3 Å². The minimum absolute atomic E-state index is 0.475. The number of rotatable bonds is 2. The zero-order valence-corrected chi connectivity index (χ0v) is 8.09. The van der Waals surface area contributed by atoms with Crippen LogP contribution in [0, 0.1) is 0 Å². The maximum absolute atomic E-state index is 5.04. The van der Waals surface area contributed by atoms with Gasteiger partial charge in [-0.3, -0.25) is 4.29 Å². The Morgan fingerprint density at radius 1 is 1.14 bits per heavy atom. The molecule has 0 fully saturated rings. The lowest BCUT2D eigenvalue weighted by Crippen LogP contribution is -1.80. The molecule has 2 aromatic rings. The molecule has 0 aliphatic carbocycles. The first-order valence-corrected chi connectivity index (χ1v) is 4.20. The summed E-state index contributed by atoms with van der Waals surface area (Å²) in [6, 6.07) is 9.78. The Hall–Kier alpha value is -1.39. The fraction of sp³-hybridized carbons (Fsp3) is 0.111. The topological polar surface area (TPSA) is 48.2 Å². The minimum atomic E-state index is 0.475. The van der Waals surface area contributed by atoms with E-state index in [-0.39, 0.29) is 0 Å². The van der Waals surface area contributed by atoms with E-state index in [1.165, 1.54) is 12.8 Å². The second-order valence-corrected chi connectivity index (χ2v) is 2.54. The molecule has 0 unspecified atom stereocenters. The van der Waals surface area contributed by atoms with Crippen LogP contribution in [0.15, 0.2) is 47.5 Å². The number of hydrogen-bond acceptors (Lipinski definition) is 4. The van der Waals surface area contributed by atoms with E-state index >= 15 is 0 Å². The van der Waals surface area contributed by atoms with Crippen molar-refractivity contribution in [2.75, 3.05) is 0 Å². The van der Waals surface area contributed by atoms with Crippen molar-refractivity contribution in [2.24, 2.45) is 0 Å². The molecule has 0 radical (unpaired) electrons. The number of benzene rings is 1. The van der Waals surface area contributed by atoms with Gasteiger partial charge < -0.3 is 4.42 Å². The van der Waals surface area contributed by atoms with Gasteiger partial charge in [0.2, 0.25) is 12.8 Å². The van der Waals surface area contributed by atoms with Gasteiger partial charge in [0.05, 0.1) is 18.5 Å². The monoisotopic (exact) mass is 212 g/mol. The average Bonchev–Trinajstić information content (AvgIpc) is 2.78. The van der Waals surface area contributed by atoms with Crippen molar-refractivity contribution in [2.45, 2.75) is 6.61 Å². The molecular weight excluding hydrogens is 204 g/mol. The van der Waals surface area contributed by atoms with Crippen LogP contribution in [0.3, 0.4) is 0 Å². The predicted molar refractivity (Wildman–Crippen MR) is 51.4 cm³/mol. The van der Waals surface area contributed by atoms with Crippen LogP contribution in [0.1, 0.15) is 5.56 Å². The molecule has 14 heavy (non-hydrogen) atoms. The molecule has 2 rings (SSSR count). The molecule has 1 heterocycles. The second-order valence-electron chi connectivity index (χ2n) is 2.32. The van der Waals surface area contributed by atoms with E-state index in [0.29, 0.717) is 6.61 Å². The Labute approximate surface area is 86.7 Å². The smallest absolute Gasteiger partial charge is 0.203 e. The molecular formula is C9H9ClN2O2. The first-order valence-electron chi connectivity index (χ1n) is 3.90. The minimum Gasteiger partial charge on any atom is -0.431 e. The van der Waals surface area contributed by atoms with E-state index in [1.807, 2.05) is 30.3 Å². The van der Waals surface area contributed by atoms with Crippen molar-refractivity contribution in [3.8, 4) is 0 Å². The highest BCUT2D eigenvalue weighted by molar-refractivity contribution is 6.07. The maximum atomic E-state index is 5.04. The van der Waals surface area contributed by atoms with Gasteiger partial charge in [-0.2, -0.15) is 0 Å². The summed E-state index contributed by atoms with van der Waals surface area (Å²) in [6.07, 6.45) is 2.53. The van der Waals surface area contributed by atoms with Crippen molar-refractivity contribution in [3.63, 3.8) is 0 Å². The van der Waals surface area contributed by atoms with Crippen molar-refractivity contribution >= 4 is 11.9 Å². The van der Waals surface area contributed by atoms with Gasteiger partial charge in [0.25, 0.3) is 0 Å². The molecule has 1 aromatic carbocycles. The van der Waals surface area contributed by atoms with Crippen molar-refractivity contribution < 1.29 is 8.71 Å². The molecule has 0 aliphatic heterocycles. The number of hydrogen-bond donors (Lipinski definition) is 0. The number of nitrogens with zero attached hydrogens (tertiary/aromatic N) is 2. The van der Waals surface area contributed by atoms with E-state index in [9.17, 15) is 0 Å². The quantitative estimate of drug-likeness (QED) is 0.767. The summed E-state index contributed by atoms with van der Waals surface area (Å²) in [4.78, 5) is 0. The van der Waals surface area contributed by atoms with Crippen LogP contribution in [-0.4, -0.2) is 10.2 Å². The highest BCUT2D eigenvalue weighted by atomic mass is 35.5. The van der Waals surface area contributed by atoms with Crippen LogP contribution in [0.4, 0.5) is 0 Å². The number of aromatic nitrogens is 2. The van der Waals surface area contributed by atoms with Crippen molar-refractivity contribution in [1.82, 2.24) is 10.2 Å². The SMILES string of the molecule is ClOCc1ccccc1.c1nnco1. The van der Waals surface area contributed by atoms with Gasteiger partial charge in [-0.15, -0.1) is 10.2 Å². The molecule has 0 atom stereocenters. The Balaban J connectivity index is 0.000000165. The normalized spacial score (nSPS) is 8.93. The van der Waals surface area contributed by atoms with E-state index in [0.717, 1.165) is 5.56 Å². The second kappa shape index (κ2) is 7.06. The van der Waals surface area contributed by atoms with Gasteiger partial charge in [0.15, 0.2) is 0 Å². The zero-order valence-electron chi connectivity index (χ0n) is 7.34. The standard InChI is InChI=1S/C7H7ClO.C2H2N2O/c8-9-6-7-4-2-1-3-5-7;1-3-4-2-5-1/h1-5H,6H2;1-2H. The Kier molecular flexibility index (Phi) is 5.39. The first kappa shape index (κ1) is 10.7. The highest BCUT2D eigenvalue weighted by Gasteiger charge is 1.86. The Morgan fingerprint density at radius 2 is 1.79 bits per heavy atom. The molecule has 1 aromatic heterocycles. The van der Waals surface area contributed by atoms with Crippen molar-refractivity contribution in [3.05, 3.63) is 48.7 Å². The van der Waals surface area contributed by atoms with Crippen LogP contribution < -0.4 is 0 Å². The summed E-state index contributed by atoms with van der Waals surface area (Å²) in [6.45, 7) is 0.475. The molecule has 74 valence electrons. The summed E-state index contributed by atoms with van der Waals surface area (Å²) in [7, 11) is 0. The van der Waals surface area contributed by atoms with Crippen LogP contribution in [0.25, 0.3) is 0 Å². The van der Waals surface area contributed by atoms with Crippen LogP contribution in [0.2, 0.25) is 0 Å². The summed E-state index contributed by atoms with van der Waals surface area (Å²) >= 11 is 5.04. The zero-order chi connectivity index (χ0) is 10.1. The molecule has 0 bridgehead atoms. The largest absolute Gasteiger partial charge is 0.431 e. The van der Waals surface area contributed by atoms with Crippen LogP contribution in [-0.2, 0) is 10.9 Å². The molecule has 0 saturated heterocycles. The van der Waals surface area contributed by atoms with Crippen LogP contribution in [0.5, 0.6) is 0 Å². The van der Waals surface area contributed by atoms with Gasteiger partial charge in [-0.05, 0) is 5.56 Å². The van der Waals surface area contributed by atoms with E-state index in [4.69, 9.17) is 11.9 Å². The van der Waals surface area contributed by atoms with Gasteiger partial charge in [0, 0.05) is 0 Å². The Morgan fingerprint density at radius 3 is 2.21 bits per heavy atom. The average molecular weight is 213 g/mol. The molecule has 0 amide bonds.